The molecule has 0 spiro atoms. The highest BCUT2D eigenvalue weighted by atomic mass is 32.1. The first-order valence-electron chi connectivity index (χ1n) is 19.9. The number of likely N-dealkylation sites (tertiary alicyclic amines) is 1. The van der Waals surface area contributed by atoms with Crippen LogP contribution in [0.4, 0.5) is 0 Å². The lowest BCUT2D eigenvalue weighted by molar-refractivity contribution is -0.144. The molecule has 0 bridgehead atoms. The van der Waals surface area contributed by atoms with Crippen LogP contribution in [-0.4, -0.2) is 95.2 Å². The maximum atomic E-state index is 15.0. The molecule has 5 rings (SSSR count). The van der Waals surface area contributed by atoms with Gasteiger partial charge in [0, 0.05) is 37.5 Å². The van der Waals surface area contributed by atoms with Crippen LogP contribution in [0.2, 0.25) is 0 Å². The molecule has 1 saturated heterocycles. The van der Waals surface area contributed by atoms with Crippen molar-refractivity contribution in [3.8, 4) is 0 Å². The van der Waals surface area contributed by atoms with E-state index < -0.39 is 24.0 Å². The summed E-state index contributed by atoms with van der Waals surface area (Å²) in [4.78, 5) is 63.2. The number of hydrogen-bond acceptors (Lipinski definition) is 9. The van der Waals surface area contributed by atoms with Crippen molar-refractivity contribution in [2.75, 3.05) is 27.5 Å². The van der Waals surface area contributed by atoms with Gasteiger partial charge in [0.15, 0.2) is 0 Å². The van der Waals surface area contributed by atoms with Gasteiger partial charge in [-0.2, -0.15) is 0 Å². The molecule has 3 N–H and O–H groups in total. The average Bonchev–Trinajstić information content (AvgIpc) is 3.69. The Morgan fingerprint density at radius 3 is 2.46 bits per heavy atom. The molecule has 7 atom stereocenters. The second-order valence-corrected chi connectivity index (χ2v) is 16.6. The number of benzene rings is 2. The Bertz CT molecular complexity index is 1770. The van der Waals surface area contributed by atoms with Crippen LogP contribution in [0.25, 0.3) is 0 Å². The molecule has 2 aliphatic rings. The number of amides is 3. The van der Waals surface area contributed by atoms with E-state index in [-0.39, 0.29) is 66.6 Å². The van der Waals surface area contributed by atoms with Crippen molar-refractivity contribution in [2.24, 2.45) is 11.8 Å². The predicted molar refractivity (Wildman–Crippen MR) is 216 cm³/mol. The maximum absolute atomic E-state index is 15.0. The molecule has 0 unspecified atom stereocenters. The van der Waals surface area contributed by atoms with Crippen molar-refractivity contribution >= 4 is 35.0 Å². The highest BCUT2D eigenvalue weighted by molar-refractivity contribution is 7.09. The van der Waals surface area contributed by atoms with E-state index in [9.17, 15) is 24.3 Å². The van der Waals surface area contributed by atoms with Crippen LogP contribution in [0, 0.1) is 11.8 Å². The fourth-order valence-corrected chi connectivity index (χ4v) is 8.85. The number of hydrogen-bond donors (Lipinski definition) is 3. The van der Waals surface area contributed by atoms with Crippen LogP contribution < -0.4 is 10.6 Å². The summed E-state index contributed by atoms with van der Waals surface area (Å²) in [5, 5.41) is 18.4. The fourth-order valence-electron chi connectivity index (χ4n) is 7.99. The molecule has 0 radical (unpaired) electrons. The van der Waals surface area contributed by atoms with Crippen LogP contribution in [0.15, 0.2) is 60.0 Å². The fraction of sp³-hybridized carbons (Fsp3) is 0.558. The van der Waals surface area contributed by atoms with Crippen LogP contribution >= 0.6 is 11.3 Å². The number of aliphatic carboxylic acids is 1. The van der Waals surface area contributed by atoms with Crippen molar-refractivity contribution in [1.82, 2.24) is 25.4 Å². The maximum Gasteiger partial charge on any atom is 0.311 e. The SMILES string of the molecule is CC[C@H](C)[C@H](NC(=O)[C@H]1CCCCN1C)C(=O)N(Cc1ccccc1)[C@H](C[C@@H](OCOC)c1nc(C(=O)N[C@H]2Cc3ccccc3[C@H](C(=O)O)C2)cs1)C(C)C. The zero-order chi connectivity index (χ0) is 40.4. The summed E-state index contributed by atoms with van der Waals surface area (Å²) in [6, 6.07) is 15.6. The van der Waals surface area contributed by atoms with Gasteiger partial charge in [0.1, 0.15) is 29.6 Å². The number of carbonyl (C=O) groups excluding carboxylic acids is 3. The number of carboxylic acid groups (broad SMARTS) is 1. The first-order valence-corrected chi connectivity index (χ1v) is 20.8. The van der Waals surface area contributed by atoms with E-state index in [1.807, 2.05) is 80.4 Å². The molecule has 3 amide bonds. The van der Waals surface area contributed by atoms with Crippen LogP contribution in [0.1, 0.15) is 110 Å². The monoisotopic (exact) mass is 789 g/mol. The molecule has 304 valence electrons. The zero-order valence-electron chi connectivity index (χ0n) is 33.6. The molecule has 1 aliphatic heterocycles. The molecule has 1 fully saturated rings. The number of fused-ring (bicyclic) bond motifs is 1. The third kappa shape index (κ3) is 10.8. The molecule has 1 aromatic heterocycles. The van der Waals surface area contributed by atoms with E-state index in [0.717, 1.165) is 42.5 Å². The molecular formula is C43H59N5O7S. The molecule has 13 heteroatoms. The Hall–Kier alpha value is -4.17. The van der Waals surface area contributed by atoms with Gasteiger partial charge in [-0.15, -0.1) is 11.3 Å². The molecule has 0 saturated carbocycles. The van der Waals surface area contributed by atoms with E-state index >= 15 is 0 Å². The minimum Gasteiger partial charge on any atom is -0.481 e. The van der Waals surface area contributed by atoms with E-state index in [1.165, 1.54) is 11.3 Å². The van der Waals surface area contributed by atoms with Gasteiger partial charge in [0.2, 0.25) is 11.8 Å². The van der Waals surface area contributed by atoms with Crippen LogP contribution in [-0.2, 0) is 36.8 Å². The number of ether oxygens (including phenoxy) is 2. The van der Waals surface area contributed by atoms with Crippen molar-refractivity contribution < 1.29 is 33.8 Å². The third-order valence-electron chi connectivity index (χ3n) is 11.4. The van der Waals surface area contributed by atoms with E-state index in [0.29, 0.717) is 30.8 Å². The summed E-state index contributed by atoms with van der Waals surface area (Å²) in [7, 11) is 3.51. The van der Waals surface area contributed by atoms with E-state index in [4.69, 9.17) is 14.5 Å². The summed E-state index contributed by atoms with van der Waals surface area (Å²) in [6.07, 6.45) is 4.04. The average molecular weight is 790 g/mol. The lowest BCUT2D eigenvalue weighted by Crippen LogP contribution is -2.58. The van der Waals surface area contributed by atoms with Gasteiger partial charge in [-0.1, -0.05) is 95.1 Å². The second-order valence-electron chi connectivity index (χ2n) is 15.7. The minimum absolute atomic E-state index is 0.0202. The number of nitrogens with zero attached hydrogens (tertiary/aromatic N) is 3. The molecule has 2 aromatic carbocycles. The number of rotatable bonds is 18. The molecular weight excluding hydrogens is 731 g/mol. The van der Waals surface area contributed by atoms with Gasteiger partial charge in [-0.05, 0) is 67.8 Å². The lowest BCUT2D eigenvalue weighted by Gasteiger charge is -2.40. The number of carboxylic acids is 1. The Kier molecular flexibility index (Phi) is 15.6. The first-order chi connectivity index (χ1) is 26.9. The molecule has 56 heavy (non-hydrogen) atoms. The van der Waals surface area contributed by atoms with Crippen molar-refractivity contribution in [2.45, 2.75) is 115 Å². The number of piperidine rings is 1. The minimum atomic E-state index is -0.917. The Labute approximate surface area is 335 Å². The van der Waals surface area contributed by atoms with E-state index in [1.54, 1.807) is 12.5 Å². The molecule has 12 nitrogen and oxygen atoms in total. The Balaban J connectivity index is 1.40. The van der Waals surface area contributed by atoms with Crippen LogP contribution in [0.5, 0.6) is 0 Å². The van der Waals surface area contributed by atoms with Gasteiger partial charge in [0.05, 0.1) is 12.0 Å². The van der Waals surface area contributed by atoms with Gasteiger partial charge in [-0.25, -0.2) is 4.98 Å². The highest BCUT2D eigenvalue weighted by Gasteiger charge is 2.39. The summed E-state index contributed by atoms with van der Waals surface area (Å²) in [5.74, 6) is -2.41. The quantitative estimate of drug-likeness (QED) is 0.129. The summed E-state index contributed by atoms with van der Waals surface area (Å²) in [5.41, 5.74) is 2.88. The van der Waals surface area contributed by atoms with Gasteiger partial charge in [-0.3, -0.25) is 24.1 Å². The Morgan fingerprint density at radius 2 is 1.79 bits per heavy atom. The van der Waals surface area contributed by atoms with E-state index in [2.05, 4.69) is 29.4 Å². The predicted octanol–water partition coefficient (Wildman–Crippen LogP) is 6.18. The molecule has 3 aromatic rings. The number of nitrogens with one attached hydrogen (secondary N) is 2. The number of likely N-dealkylation sites (N-methyl/N-ethyl adjacent to an activating group) is 1. The summed E-state index contributed by atoms with van der Waals surface area (Å²) >= 11 is 1.30. The van der Waals surface area contributed by atoms with Crippen molar-refractivity contribution in [3.05, 3.63) is 87.4 Å². The first kappa shape index (κ1) is 43.0. The third-order valence-corrected chi connectivity index (χ3v) is 12.4. The number of carbonyl (C=O) groups is 4. The normalized spacial score (nSPS) is 20.7. The Morgan fingerprint density at radius 1 is 1.05 bits per heavy atom. The lowest BCUT2D eigenvalue weighted by atomic mass is 9.80. The molecule has 1 aliphatic carbocycles. The van der Waals surface area contributed by atoms with Gasteiger partial charge in [0.25, 0.3) is 5.91 Å². The molecule has 2 heterocycles. The number of thiazole rings is 1. The zero-order valence-corrected chi connectivity index (χ0v) is 34.4. The second kappa shape index (κ2) is 20.3. The number of aromatic nitrogens is 1. The van der Waals surface area contributed by atoms with Gasteiger partial charge >= 0.3 is 5.97 Å². The summed E-state index contributed by atoms with van der Waals surface area (Å²) in [6.45, 7) is 9.35. The number of methoxy groups -OCH3 is 1. The highest BCUT2D eigenvalue weighted by Crippen LogP contribution is 2.34. The topological polar surface area (TPSA) is 150 Å². The van der Waals surface area contributed by atoms with Gasteiger partial charge < -0.3 is 30.1 Å². The smallest absolute Gasteiger partial charge is 0.311 e. The summed E-state index contributed by atoms with van der Waals surface area (Å²) < 4.78 is 11.6. The standard InChI is InChI=1S/C43H59N5O7S/c1-7-28(4)38(46-40(50)35-19-13-14-20-47(35)5)42(51)48(24-29-15-9-8-10-16-29)36(27(2)3)23-37(55-26-54-6)41-45-34(25-56-41)39(49)44-31-21-30-17-11-12-18-32(30)33(22-31)43(52)53/h8-12,15-18,25,27-28,31,33,35-38H,7,13-14,19-24,26H2,1-6H3,(H,44,49)(H,46,50)(H,52,53)/t28-,31-,33+,35+,36+,37+,38-/m0/s1. The van der Waals surface area contributed by atoms with Crippen molar-refractivity contribution in [3.63, 3.8) is 0 Å². The van der Waals surface area contributed by atoms with Crippen molar-refractivity contribution in [1.29, 1.82) is 0 Å². The largest absolute Gasteiger partial charge is 0.481 e. The van der Waals surface area contributed by atoms with Crippen LogP contribution in [0.3, 0.4) is 0 Å².